The van der Waals surface area contributed by atoms with Gasteiger partial charge in [-0.3, -0.25) is 0 Å². The van der Waals surface area contributed by atoms with Crippen molar-refractivity contribution in [1.82, 2.24) is 0 Å². The van der Waals surface area contributed by atoms with Crippen molar-refractivity contribution in [3.05, 3.63) is 11.8 Å². The maximum Gasteiger partial charge on any atom is 0.0876 e. The molecule has 3 unspecified atom stereocenters. The van der Waals surface area contributed by atoms with Crippen LogP contribution in [0.25, 0.3) is 0 Å². The Morgan fingerprint density at radius 2 is 2.36 bits per heavy atom. The molecule has 3 atom stereocenters. The fraction of sp³-hybridized carbons (Fsp3) is 0.833. The number of ether oxygens (including phenoxy) is 1. The van der Waals surface area contributed by atoms with Crippen LogP contribution in [0.4, 0.5) is 0 Å². The van der Waals surface area contributed by atoms with Crippen LogP contribution in [-0.2, 0) is 4.74 Å². The molecule has 2 N–H and O–H groups in total. The third kappa shape index (κ3) is 2.11. The molecule has 2 aliphatic rings. The van der Waals surface area contributed by atoms with Gasteiger partial charge in [-0.25, -0.2) is 0 Å². The average Bonchev–Trinajstić information content (AvgIpc) is 2.65. The third-order valence-corrected chi connectivity index (χ3v) is 3.63. The van der Waals surface area contributed by atoms with Crippen LogP contribution in [0.1, 0.15) is 39.0 Å². The summed E-state index contributed by atoms with van der Waals surface area (Å²) < 4.78 is 5.35. The van der Waals surface area contributed by atoms with Crippen LogP contribution in [0.5, 0.6) is 0 Å². The van der Waals surface area contributed by atoms with E-state index in [0.717, 1.165) is 25.4 Å². The molecule has 0 aromatic carbocycles. The average molecular weight is 195 g/mol. The van der Waals surface area contributed by atoms with E-state index in [-0.39, 0.29) is 6.04 Å². The molecule has 0 aromatic rings. The Bertz CT molecular complexity index is 224. The first-order chi connectivity index (χ1) is 6.77. The second-order valence-electron chi connectivity index (χ2n) is 4.87. The lowest BCUT2D eigenvalue weighted by Gasteiger charge is -2.24. The molecule has 1 saturated carbocycles. The van der Waals surface area contributed by atoms with Gasteiger partial charge >= 0.3 is 0 Å². The van der Waals surface area contributed by atoms with Gasteiger partial charge in [0.2, 0.25) is 0 Å². The number of nitrogens with two attached hydrogens (primary N) is 1. The molecule has 1 heterocycles. The second kappa shape index (κ2) is 4.35. The Labute approximate surface area is 86.5 Å². The first-order valence-corrected chi connectivity index (χ1v) is 5.83. The lowest BCUT2D eigenvalue weighted by atomic mass is 9.89. The topological polar surface area (TPSA) is 35.2 Å². The van der Waals surface area contributed by atoms with Crippen LogP contribution in [0.2, 0.25) is 0 Å². The molecule has 80 valence electrons. The fourth-order valence-electron chi connectivity index (χ4n) is 2.71. The summed E-state index contributed by atoms with van der Waals surface area (Å²) in [5.74, 6) is 1.58. The highest BCUT2D eigenvalue weighted by Crippen LogP contribution is 2.35. The van der Waals surface area contributed by atoms with Gasteiger partial charge in [0.25, 0.3) is 0 Å². The molecular formula is C12H21NO. The molecule has 1 fully saturated rings. The predicted molar refractivity (Wildman–Crippen MR) is 57.7 cm³/mol. The molecule has 2 rings (SSSR count). The van der Waals surface area contributed by atoms with Gasteiger partial charge in [0, 0.05) is 6.04 Å². The van der Waals surface area contributed by atoms with Gasteiger partial charge in [-0.05, 0) is 43.1 Å². The van der Waals surface area contributed by atoms with E-state index < -0.39 is 0 Å². The molecule has 0 spiro atoms. The maximum atomic E-state index is 6.27. The normalized spacial score (nSPS) is 34.9. The van der Waals surface area contributed by atoms with Crippen molar-refractivity contribution in [2.75, 3.05) is 6.61 Å². The minimum Gasteiger partial charge on any atom is -0.501 e. The van der Waals surface area contributed by atoms with E-state index in [4.69, 9.17) is 10.5 Å². The zero-order chi connectivity index (χ0) is 9.97. The lowest BCUT2D eigenvalue weighted by Crippen LogP contribution is -2.32. The summed E-state index contributed by atoms with van der Waals surface area (Å²) in [5, 5.41) is 0. The van der Waals surface area contributed by atoms with Gasteiger partial charge in [0.1, 0.15) is 0 Å². The Kier molecular flexibility index (Phi) is 3.12. The van der Waals surface area contributed by atoms with Crippen LogP contribution in [0.3, 0.4) is 0 Å². The molecule has 0 amide bonds. The molecule has 14 heavy (non-hydrogen) atoms. The predicted octanol–water partition coefficient (Wildman–Crippen LogP) is 2.44. The van der Waals surface area contributed by atoms with E-state index in [2.05, 4.69) is 6.92 Å². The number of hydrogen-bond donors (Lipinski definition) is 1. The molecule has 0 radical (unpaired) electrons. The van der Waals surface area contributed by atoms with Crippen LogP contribution in [0, 0.1) is 11.8 Å². The van der Waals surface area contributed by atoms with Crippen LogP contribution in [-0.4, -0.2) is 12.6 Å². The van der Waals surface area contributed by atoms with Crippen LogP contribution in [0.15, 0.2) is 11.8 Å². The summed E-state index contributed by atoms with van der Waals surface area (Å²) in [7, 11) is 0. The Hall–Kier alpha value is -0.500. The van der Waals surface area contributed by atoms with Crippen molar-refractivity contribution in [3.63, 3.8) is 0 Å². The molecule has 2 heteroatoms. The zero-order valence-electron chi connectivity index (χ0n) is 9.04. The van der Waals surface area contributed by atoms with Crippen LogP contribution >= 0.6 is 0 Å². The lowest BCUT2D eigenvalue weighted by molar-refractivity contribution is 0.217. The Morgan fingerprint density at radius 1 is 1.50 bits per heavy atom. The molecule has 1 aliphatic heterocycles. The van der Waals surface area contributed by atoms with Crippen molar-refractivity contribution in [3.8, 4) is 0 Å². The van der Waals surface area contributed by atoms with Crippen molar-refractivity contribution < 1.29 is 4.74 Å². The quantitative estimate of drug-likeness (QED) is 0.734. The highest BCUT2D eigenvalue weighted by molar-refractivity contribution is 5.11. The van der Waals surface area contributed by atoms with Gasteiger partial charge in [-0.1, -0.05) is 13.3 Å². The van der Waals surface area contributed by atoms with Crippen molar-refractivity contribution >= 4 is 0 Å². The van der Waals surface area contributed by atoms with Crippen molar-refractivity contribution in [1.29, 1.82) is 0 Å². The Balaban J connectivity index is 1.93. The highest BCUT2D eigenvalue weighted by Gasteiger charge is 2.29. The van der Waals surface area contributed by atoms with Gasteiger partial charge in [-0.15, -0.1) is 0 Å². The van der Waals surface area contributed by atoms with E-state index in [1.165, 1.54) is 24.8 Å². The summed E-state index contributed by atoms with van der Waals surface area (Å²) in [6.45, 7) is 3.20. The first-order valence-electron chi connectivity index (χ1n) is 5.83. The van der Waals surface area contributed by atoms with Gasteiger partial charge < -0.3 is 10.5 Å². The number of hydrogen-bond acceptors (Lipinski definition) is 2. The third-order valence-electron chi connectivity index (χ3n) is 3.63. The SMILES string of the molecule is CC1CCC(C(N)C2=COCCC2)C1. The van der Waals surface area contributed by atoms with Gasteiger partial charge in [0.05, 0.1) is 12.9 Å². The summed E-state index contributed by atoms with van der Waals surface area (Å²) in [4.78, 5) is 0. The summed E-state index contributed by atoms with van der Waals surface area (Å²) in [5.41, 5.74) is 7.61. The molecule has 0 bridgehead atoms. The zero-order valence-corrected chi connectivity index (χ0v) is 9.04. The minimum absolute atomic E-state index is 0.264. The second-order valence-corrected chi connectivity index (χ2v) is 4.87. The Morgan fingerprint density at radius 3 is 2.93 bits per heavy atom. The van der Waals surface area contributed by atoms with E-state index >= 15 is 0 Å². The van der Waals surface area contributed by atoms with Crippen molar-refractivity contribution in [2.45, 2.75) is 45.1 Å². The minimum atomic E-state index is 0.264. The molecule has 2 nitrogen and oxygen atoms in total. The molecule has 0 aromatic heterocycles. The molecule has 1 aliphatic carbocycles. The first kappa shape index (κ1) is 10.0. The number of rotatable bonds is 2. The van der Waals surface area contributed by atoms with Gasteiger partial charge in [-0.2, -0.15) is 0 Å². The molecular weight excluding hydrogens is 174 g/mol. The van der Waals surface area contributed by atoms with Crippen LogP contribution < -0.4 is 5.73 Å². The van der Waals surface area contributed by atoms with Gasteiger partial charge in [0.15, 0.2) is 0 Å². The van der Waals surface area contributed by atoms with E-state index in [0.29, 0.717) is 5.92 Å². The summed E-state index contributed by atoms with van der Waals surface area (Å²) >= 11 is 0. The highest BCUT2D eigenvalue weighted by atomic mass is 16.5. The smallest absolute Gasteiger partial charge is 0.0876 e. The standard InChI is InChI=1S/C12H21NO/c1-9-4-5-10(7-9)12(13)11-3-2-6-14-8-11/h8-10,12H,2-7,13H2,1H3. The van der Waals surface area contributed by atoms with E-state index in [9.17, 15) is 0 Å². The molecule has 0 saturated heterocycles. The van der Waals surface area contributed by atoms with Crippen molar-refractivity contribution in [2.24, 2.45) is 17.6 Å². The monoisotopic (exact) mass is 195 g/mol. The summed E-state index contributed by atoms with van der Waals surface area (Å²) in [6.07, 6.45) is 8.16. The van der Waals surface area contributed by atoms with E-state index in [1.54, 1.807) is 0 Å². The maximum absolute atomic E-state index is 6.27. The summed E-state index contributed by atoms with van der Waals surface area (Å²) in [6, 6.07) is 0.264. The van der Waals surface area contributed by atoms with E-state index in [1.807, 2.05) is 6.26 Å². The largest absolute Gasteiger partial charge is 0.501 e. The fourth-order valence-corrected chi connectivity index (χ4v) is 2.71.